The fourth-order valence-electron chi connectivity index (χ4n) is 4.42. The average molecular weight is 590 g/mol. The molecule has 1 heterocycles. The summed E-state index contributed by atoms with van der Waals surface area (Å²) in [4.78, 5) is 40.7. The molecule has 226 valence electrons. The molecule has 3 N–H and O–H groups in total. The molecule has 1 aromatic heterocycles. The predicted molar refractivity (Wildman–Crippen MR) is 151 cm³/mol. The smallest absolute Gasteiger partial charge is 0.418 e. The lowest BCUT2D eigenvalue weighted by atomic mass is 9.94. The molecule has 14 heteroatoms. The summed E-state index contributed by atoms with van der Waals surface area (Å²) in [6, 6.07) is 8.54. The first-order chi connectivity index (χ1) is 19.5. The maximum Gasteiger partial charge on any atom is 0.418 e. The number of anilines is 2. The van der Waals surface area contributed by atoms with Crippen LogP contribution in [-0.4, -0.2) is 71.5 Å². The van der Waals surface area contributed by atoms with E-state index < -0.39 is 41.5 Å². The third-order valence-electron chi connectivity index (χ3n) is 6.11. The van der Waals surface area contributed by atoms with E-state index in [9.17, 15) is 27.6 Å². The highest BCUT2D eigenvalue weighted by Gasteiger charge is 2.36. The summed E-state index contributed by atoms with van der Waals surface area (Å²) >= 11 is 0. The van der Waals surface area contributed by atoms with Crippen molar-refractivity contribution in [2.45, 2.75) is 45.0 Å². The van der Waals surface area contributed by atoms with E-state index in [0.717, 1.165) is 11.8 Å². The Morgan fingerprint density at radius 3 is 2.36 bits per heavy atom. The Labute approximate surface area is 241 Å². The molecule has 3 aromatic rings. The van der Waals surface area contributed by atoms with Gasteiger partial charge in [-0.1, -0.05) is 17.3 Å². The van der Waals surface area contributed by atoms with E-state index in [2.05, 4.69) is 15.6 Å². The number of ether oxygens (including phenoxy) is 1. The highest BCUT2D eigenvalue weighted by molar-refractivity contribution is 6.11. The second-order valence-corrected chi connectivity index (χ2v) is 10.8. The van der Waals surface area contributed by atoms with E-state index in [-0.39, 0.29) is 28.9 Å². The van der Waals surface area contributed by atoms with Crippen molar-refractivity contribution < 1.29 is 32.3 Å². The van der Waals surface area contributed by atoms with Gasteiger partial charge < -0.3 is 25.6 Å². The number of benzene rings is 2. The largest absolute Gasteiger partial charge is 0.443 e. The lowest BCUT2D eigenvalue weighted by Gasteiger charge is -2.28. The second kappa shape index (κ2) is 12.6. The van der Waals surface area contributed by atoms with Crippen molar-refractivity contribution in [3.63, 3.8) is 0 Å². The molecular weight excluding hydrogens is 555 g/mol. The Morgan fingerprint density at radius 2 is 1.76 bits per heavy atom. The van der Waals surface area contributed by atoms with E-state index >= 15 is 0 Å². The summed E-state index contributed by atoms with van der Waals surface area (Å²) in [7, 11) is 6.68. The first kappa shape index (κ1) is 32.1. The fraction of sp³-hybridized carbons (Fsp3) is 0.393. The van der Waals surface area contributed by atoms with Crippen LogP contribution in [0.3, 0.4) is 0 Å². The molecule has 0 aliphatic rings. The minimum absolute atomic E-state index is 0.0757. The van der Waals surface area contributed by atoms with Crippen molar-refractivity contribution in [3.8, 4) is 5.69 Å². The van der Waals surface area contributed by atoms with Crippen molar-refractivity contribution in [3.05, 3.63) is 65.0 Å². The van der Waals surface area contributed by atoms with E-state index in [0.29, 0.717) is 12.2 Å². The number of alkyl halides is 3. The maximum atomic E-state index is 14.0. The normalized spacial score (nSPS) is 11.9. The van der Waals surface area contributed by atoms with Gasteiger partial charge in [-0.15, -0.1) is 5.10 Å². The summed E-state index contributed by atoms with van der Waals surface area (Å²) in [5.41, 5.74) is 4.44. The number of ketones is 1. The molecule has 0 atom stereocenters. The second-order valence-electron chi connectivity index (χ2n) is 10.8. The van der Waals surface area contributed by atoms with E-state index in [1.54, 1.807) is 29.1 Å². The highest BCUT2D eigenvalue weighted by atomic mass is 19.4. The third-order valence-corrected chi connectivity index (χ3v) is 6.11. The number of carbonyl (C=O) groups excluding carboxylic acids is 3. The molecule has 0 saturated carbocycles. The Balaban J connectivity index is 1.91. The zero-order valence-electron chi connectivity index (χ0n) is 24.2. The van der Waals surface area contributed by atoms with Crippen LogP contribution in [0.2, 0.25) is 0 Å². The molecule has 0 spiro atoms. The number of carbonyl (C=O) groups is 3. The number of nitrogens with two attached hydrogens (primary N) is 1. The molecule has 11 nitrogen and oxygen atoms in total. The topological polar surface area (TPSA) is 136 Å². The van der Waals surface area contributed by atoms with Crippen LogP contribution < -0.4 is 16.0 Å². The summed E-state index contributed by atoms with van der Waals surface area (Å²) in [6.07, 6.45) is -4.90. The Morgan fingerprint density at radius 1 is 1.07 bits per heavy atom. The fourth-order valence-corrected chi connectivity index (χ4v) is 4.42. The number of aromatic nitrogens is 3. The maximum absolute atomic E-state index is 14.0. The molecule has 0 fully saturated rings. The molecule has 0 aliphatic heterocycles. The van der Waals surface area contributed by atoms with Crippen LogP contribution in [0, 0.1) is 0 Å². The van der Waals surface area contributed by atoms with Gasteiger partial charge in [0.05, 0.1) is 29.6 Å². The van der Waals surface area contributed by atoms with Crippen molar-refractivity contribution in [1.29, 1.82) is 0 Å². The summed E-state index contributed by atoms with van der Waals surface area (Å²) in [6.45, 7) is 3.61. The van der Waals surface area contributed by atoms with Gasteiger partial charge in [-0.05, 0) is 57.8 Å². The van der Waals surface area contributed by atoms with Crippen molar-refractivity contribution in [2.75, 3.05) is 38.4 Å². The predicted octanol–water partition coefficient (Wildman–Crippen LogP) is 4.04. The van der Waals surface area contributed by atoms with Gasteiger partial charge >= 0.3 is 12.3 Å². The zero-order valence-corrected chi connectivity index (χ0v) is 24.2. The van der Waals surface area contributed by atoms with Gasteiger partial charge in [0.2, 0.25) is 5.91 Å². The Kier molecular flexibility index (Phi) is 9.61. The minimum atomic E-state index is -4.74. The lowest BCUT2D eigenvalue weighted by Crippen LogP contribution is -2.34. The number of nitrogens with zero attached hydrogens (tertiary/aromatic N) is 5. The van der Waals surface area contributed by atoms with E-state index in [1.807, 2.05) is 19.0 Å². The number of halogens is 3. The number of Topliss-reactive ketones (excluding diaryl/α,β-unsaturated/α-hetero) is 1. The van der Waals surface area contributed by atoms with Gasteiger partial charge in [0, 0.05) is 44.0 Å². The molecule has 42 heavy (non-hydrogen) atoms. The van der Waals surface area contributed by atoms with Gasteiger partial charge in [-0.3, -0.25) is 9.59 Å². The van der Waals surface area contributed by atoms with Crippen LogP contribution in [0.15, 0.2) is 42.6 Å². The first-order valence-corrected chi connectivity index (χ1v) is 12.8. The van der Waals surface area contributed by atoms with Gasteiger partial charge in [0.1, 0.15) is 5.60 Å². The van der Waals surface area contributed by atoms with Gasteiger partial charge in [0.15, 0.2) is 5.78 Å². The van der Waals surface area contributed by atoms with Crippen molar-refractivity contribution in [1.82, 2.24) is 19.9 Å². The number of rotatable bonds is 11. The number of hydrogen-bond donors (Lipinski definition) is 2. The standard InChI is InChI=1S/C28H34F3N7O4/c1-27(2,42-26(32)41)14-18-11-23(37(5)6)21(28(29,30)31)12-22(18)34-25(40)13-24(39)17-8-7-9-19(10-17)38-20(15-33-35-38)16-36(3)4/h7-12,15H,13-14,16H2,1-6H3,(H2,32,41)(H,34,40). The molecule has 0 radical (unpaired) electrons. The monoisotopic (exact) mass is 589 g/mol. The first-order valence-electron chi connectivity index (χ1n) is 12.8. The van der Waals surface area contributed by atoms with Crippen LogP contribution in [0.1, 0.15) is 47.4 Å². The van der Waals surface area contributed by atoms with Gasteiger partial charge in [-0.25, -0.2) is 9.48 Å². The Hall–Kier alpha value is -4.46. The molecule has 2 aromatic carbocycles. The molecule has 0 saturated heterocycles. The molecule has 0 aliphatic carbocycles. The van der Waals surface area contributed by atoms with Crippen LogP contribution in [0.4, 0.5) is 29.3 Å². The van der Waals surface area contributed by atoms with Crippen LogP contribution in [0.5, 0.6) is 0 Å². The van der Waals surface area contributed by atoms with Crippen LogP contribution in [-0.2, 0) is 28.7 Å². The molecular formula is C28H34F3N7O4. The number of primary amides is 1. The third kappa shape index (κ3) is 8.28. The van der Waals surface area contributed by atoms with Crippen LogP contribution >= 0.6 is 0 Å². The molecule has 0 unspecified atom stereocenters. The van der Waals surface area contributed by atoms with Crippen molar-refractivity contribution in [2.24, 2.45) is 5.73 Å². The quantitative estimate of drug-likeness (QED) is 0.253. The lowest BCUT2D eigenvalue weighted by molar-refractivity contribution is -0.137. The zero-order chi connectivity index (χ0) is 31.4. The van der Waals surface area contributed by atoms with Crippen LogP contribution in [0.25, 0.3) is 5.69 Å². The summed E-state index contributed by atoms with van der Waals surface area (Å²) < 4.78 is 48.6. The molecule has 0 bridgehead atoms. The van der Waals surface area contributed by atoms with Gasteiger partial charge in [-0.2, -0.15) is 13.2 Å². The van der Waals surface area contributed by atoms with E-state index in [4.69, 9.17) is 10.5 Å². The molecule has 3 rings (SSSR count). The summed E-state index contributed by atoms with van der Waals surface area (Å²) in [5, 5.41) is 10.5. The number of amides is 2. The van der Waals surface area contributed by atoms with Crippen molar-refractivity contribution >= 4 is 29.2 Å². The summed E-state index contributed by atoms with van der Waals surface area (Å²) in [5.74, 6) is -1.37. The highest BCUT2D eigenvalue weighted by Crippen LogP contribution is 2.40. The van der Waals surface area contributed by atoms with Gasteiger partial charge in [0.25, 0.3) is 0 Å². The Bertz CT molecular complexity index is 1470. The molecule has 2 amide bonds. The SMILES string of the molecule is CN(C)Cc1cnnn1-c1cccc(C(=O)CC(=O)Nc2cc(C(F)(F)F)c(N(C)C)cc2CC(C)(C)OC(N)=O)c1. The van der Waals surface area contributed by atoms with E-state index in [1.165, 1.54) is 45.0 Å². The number of nitrogens with one attached hydrogen (secondary N) is 1. The number of hydrogen-bond acceptors (Lipinski definition) is 8. The average Bonchev–Trinajstić information content (AvgIpc) is 3.30. The minimum Gasteiger partial charge on any atom is -0.443 e.